The molecule has 6 heteroatoms. The lowest BCUT2D eigenvalue weighted by Gasteiger charge is -2.20. The van der Waals surface area contributed by atoms with Crippen LogP contribution in [-0.2, 0) is 4.74 Å². The highest BCUT2D eigenvalue weighted by atomic mass is 16.5. The van der Waals surface area contributed by atoms with E-state index in [4.69, 9.17) is 4.74 Å². The zero-order chi connectivity index (χ0) is 18.8. The van der Waals surface area contributed by atoms with Gasteiger partial charge in [0.2, 0.25) is 0 Å². The molecule has 2 aliphatic rings. The van der Waals surface area contributed by atoms with Crippen LogP contribution in [0.3, 0.4) is 0 Å². The van der Waals surface area contributed by atoms with Crippen molar-refractivity contribution in [3.8, 4) is 0 Å². The van der Waals surface area contributed by atoms with E-state index in [0.717, 1.165) is 11.1 Å². The van der Waals surface area contributed by atoms with Crippen LogP contribution in [0.5, 0.6) is 0 Å². The first-order valence-corrected chi connectivity index (χ1v) is 9.27. The van der Waals surface area contributed by atoms with E-state index >= 15 is 0 Å². The molecule has 2 aromatic rings. The number of ether oxygens (including phenoxy) is 1. The number of pyridine rings is 1. The quantitative estimate of drug-likeness (QED) is 0.898. The molecule has 4 rings (SSSR count). The third-order valence-electron chi connectivity index (χ3n) is 5.44. The molecule has 27 heavy (non-hydrogen) atoms. The fourth-order valence-electron chi connectivity index (χ4n) is 3.96. The van der Waals surface area contributed by atoms with Crippen LogP contribution >= 0.6 is 0 Å². The molecule has 1 N–H and O–H groups in total. The summed E-state index contributed by atoms with van der Waals surface area (Å²) < 4.78 is 5.91. The Kier molecular flexibility index (Phi) is 4.90. The van der Waals surface area contributed by atoms with Crippen LogP contribution in [0, 0.1) is 18.8 Å². The molecule has 0 bridgehead atoms. The van der Waals surface area contributed by atoms with E-state index in [0.29, 0.717) is 31.8 Å². The monoisotopic (exact) mass is 365 g/mol. The summed E-state index contributed by atoms with van der Waals surface area (Å²) in [5.74, 6) is 0.394. The topological polar surface area (TPSA) is 71.5 Å². The molecule has 1 aromatic heterocycles. The van der Waals surface area contributed by atoms with Crippen molar-refractivity contribution in [3.63, 3.8) is 0 Å². The number of nitrogens with zero attached hydrogens (tertiary/aromatic N) is 2. The number of fused-ring (bicyclic) bond motifs is 1. The second-order valence-corrected chi connectivity index (χ2v) is 7.33. The lowest BCUT2D eigenvalue weighted by atomic mass is 9.93. The molecule has 3 atom stereocenters. The molecule has 0 aliphatic carbocycles. The highest BCUT2D eigenvalue weighted by Crippen LogP contribution is 2.34. The maximum absolute atomic E-state index is 12.8. The first kappa shape index (κ1) is 17.7. The Hall–Kier alpha value is -2.73. The molecule has 0 saturated carbocycles. The number of nitrogens with one attached hydrogen (secondary N) is 1. The molecule has 1 aromatic carbocycles. The van der Waals surface area contributed by atoms with Gasteiger partial charge in [-0.3, -0.25) is 14.6 Å². The van der Waals surface area contributed by atoms with Gasteiger partial charge in [-0.2, -0.15) is 0 Å². The van der Waals surface area contributed by atoms with Crippen molar-refractivity contribution in [2.45, 2.75) is 13.0 Å². The van der Waals surface area contributed by atoms with Crippen molar-refractivity contribution in [3.05, 3.63) is 65.5 Å². The summed E-state index contributed by atoms with van der Waals surface area (Å²) in [5.41, 5.74) is 2.35. The van der Waals surface area contributed by atoms with Crippen LogP contribution in [-0.4, -0.2) is 54.0 Å². The standard InChI is InChI=1S/C21H23N3O3/c1-14-4-2-5-15(8-14)21(26)24-11-18-17(13-27-19(18)12-24)10-23-20(25)16-6-3-7-22-9-16/h2-9,17-19H,10-13H2,1H3,(H,23,25)/t17-,18+,19+/m0/s1. The number of hydrogen-bond acceptors (Lipinski definition) is 4. The second kappa shape index (κ2) is 7.48. The van der Waals surface area contributed by atoms with Crippen molar-refractivity contribution in [1.29, 1.82) is 0 Å². The zero-order valence-electron chi connectivity index (χ0n) is 15.3. The first-order chi connectivity index (χ1) is 13.1. The Balaban J connectivity index is 1.36. The summed E-state index contributed by atoms with van der Waals surface area (Å²) in [6, 6.07) is 11.2. The first-order valence-electron chi connectivity index (χ1n) is 9.27. The Morgan fingerprint density at radius 3 is 2.85 bits per heavy atom. The van der Waals surface area contributed by atoms with E-state index in [1.165, 1.54) is 0 Å². The van der Waals surface area contributed by atoms with E-state index in [9.17, 15) is 9.59 Å². The number of rotatable bonds is 4. The minimum absolute atomic E-state index is 0.0508. The minimum atomic E-state index is -0.128. The molecule has 6 nitrogen and oxygen atoms in total. The van der Waals surface area contributed by atoms with Crippen LogP contribution in [0.2, 0.25) is 0 Å². The highest BCUT2D eigenvalue weighted by Gasteiger charge is 2.45. The third kappa shape index (κ3) is 3.71. The number of benzene rings is 1. The highest BCUT2D eigenvalue weighted by molar-refractivity contribution is 5.95. The molecule has 2 amide bonds. The van der Waals surface area contributed by atoms with Crippen LogP contribution in [0.25, 0.3) is 0 Å². The molecular weight excluding hydrogens is 342 g/mol. The number of hydrogen-bond donors (Lipinski definition) is 1. The maximum Gasteiger partial charge on any atom is 0.253 e. The number of carbonyl (C=O) groups excluding carboxylic acids is 2. The molecule has 2 fully saturated rings. The van der Waals surface area contributed by atoms with Crippen LogP contribution < -0.4 is 5.32 Å². The summed E-state index contributed by atoms with van der Waals surface area (Å²) in [6.45, 7) is 4.44. The Morgan fingerprint density at radius 2 is 2.07 bits per heavy atom. The molecule has 3 heterocycles. The van der Waals surface area contributed by atoms with E-state index in [1.807, 2.05) is 36.1 Å². The lowest BCUT2D eigenvalue weighted by Crippen LogP contribution is -2.35. The number of amides is 2. The van der Waals surface area contributed by atoms with Gasteiger partial charge in [0.05, 0.1) is 18.3 Å². The lowest BCUT2D eigenvalue weighted by molar-refractivity contribution is 0.0674. The van der Waals surface area contributed by atoms with Crippen molar-refractivity contribution >= 4 is 11.8 Å². The number of aromatic nitrogens is 1. The number of aryl methyl sites for hydroxylation is 1. The summed E-state index contributed by atoms with van der Waals surface area (Å²) in [6.07, 6.45) is 3.25. The summed E-state index contributed by atoms with van der Waals surface area (Å²) in [7, 11) is 0. The minimum Gasteiger partial charge on any atom is -0.376 e. The van der Waals surface area contributed by atoms with Crippen molar-refractivity contribution < 1.29 is 14.3 Å². The average Bonchev–Trinajstić information content (AvgIpc) is 3.27. The third-order valence-corrected chi connectivity index (χ3v) is 5.44. The zero-order valence-corrected chi connectivity index (χ0v) is 15.3. The van der Waals surface area contributed by atoms with Gasteiger partial charge in [-0.15, -0.1) is 0 Å². The van der Waals surface area contributed by atoms with Gasteiger partial charge in [-0.1, -0.05) is 17.7 Å². The molecule has 2 saturated heterocycles. The van der Waals surface area contributed by atoms with Crippen molar-refractivity contribution in [2.24, 2.45) is 11.8 Å². The van der Waals surface area contributed by atoms with Crippen LogP contribution in [0.4, 0.5) is 0 Å². The van der Waals surface area contributed by atoms with E-state index in [2.05, 4.69) is 10.3 Å². The van der Waals surface area contributed by atoms with Gasteiger partial charge in [0.25, 0.3) is 11.8 Å². The molecule has 0 unspecified atom stereocenters. The van der Waals surface area contributed by atoms with Crippen molar-refractivity contribution in [2.75, 3.05) is 26.2 Å². The van der Waals surface area contributed by atoms with Crippen molar-refractivity contribution in [1.82, 2.24) is 15.2 Å². The SMILES string of the molecule is Cc1cccc(C(=O)N2C[C@@H]3[C@@H](CNC(=O)c4cccnc4)CO[C@@H]3C2)c1. The number of likely N-dealkylation sites (tertiary alicyclic amines) is 1. The van der Waals surface area contributed by atoms with Gasteiger partial charge in [0, 0.05) is 49.4 Å². The van der Waals surface area contributed by atoms with E-state index < -0.39 is 0 Å². The fraction of sp³-hybridized carbons (Fsp3) is 0.381. The predicted molar refractivity (Wildman–Crippen MR) is 100 cm³/mol. The van der Waals surface area contributed by atoms with E-state index in [-0.39, 0.29) is 29.8 Å². The largest absolute Gasteiger partial charge is 0.376 e. The second-order valence-electron chi connectivity index (χ2n) is 7.33. The molecule has 140 valence electrons. The summed E-state index contributed by atoms with van der Waals surface area (Å²) in [5, 5.41) is 2.97. The number of carbonyl (C=O) groups is 2. The molecule has 0 spiro atoms. The van der Waals surface area contributed by atoms with Gasteiger partial charge in [0.1, 0.15) is 0 Å². The average molecular weight is 365 g/mol. The van der Waals surface area contributed by atoms with Gasteiger partial charge in [-0.05, 0) is 31.2 Å². The Labute approximate surface area is 158 Å². The Bertz CT molecular complexity index is 840. The van der Waals surface area contributed by atoms with E-state index in [1.54, 1.807) is 24.5 Å². The summed E-state index contributed by atoms with van der Waals surface area (Å²) in [4.78, 5) is 30.9. The fourth-order valence-corrected chi connectivity index (χ4v) is 3.96. The van der Waals surface area contributed by atoms with Gasteiger partial charge in [-0.25, -0.2) is 0 Å². The van der Waals surface area contributed by atoms with Crippen LogP contribution in [0.15, 0.2) is 48.8 Å². The smallest absolute Gasteiger partial charge is 0.253 e. The normalized spacial score (nSPS) is 23.9. The Morgan fingerprint density at radius 1 is 1.22 bits per heavy atom. The summed E-state index contributed by atoms with van der Waals surface area (Å²) >= 11 is 0. The van der Waals surface area contributed by atoms with Crippen LogP contribution in [0.1, 0.15) is 26.3 Å². The van der Waals surface area contributed by atoms with Gasteiger partial charge >= 0.3 is 0 Å². The molecule has 0 radical (unpaired) electrons. The maximum atomic E-state index is 12.8. The van der Waals surface area contributed by atoms with Gasteiger partial charge in [0.15, 0.2) is 0 Å². The van der Waals surface area contributed by atoms with Gasteiger partial charge < -0.3 is 15.0 Å². The molecule has 2 aliphatic heterocycles. The molecular formula is C21H23N3O3. The predicted octanol–water partition coefficient (Wildman–Crippen LogP) is 1.91.